The van der Waals surface area contributed by atoms with Gasteiger partial charge in [0, 0.05) is 31.0 Å². The van der Waals surface area contributed by atoms with Gasteiger partial charge in [-0.3, -0.25) is 4.79 Å². The first-order valence-electron chi connectivity index (χ1n) is 10.4. The van der Waals surface area contributed by atoms with Gasteiger partial charge < -0.3 is 4.90 Å². The summed E-state index contributed by atoms with van der Waals surface area (Å²) in [6.45, 7) is 6.51. The minimum Gasteiger partial charge on any atom is -0.337 e. The van der Waals surface area contributed by atoms with Gasteiger partial charge in [-0.25, -0.2) is 14.3 Å². The molecule has 0 saturated heterocycles. The molecule has 0 aliphatic rings. The van der Waals surface area contributed by atoms with Crippen molar-refractivity contribution in [1.82, 2.24) is 29.4 Å². The molecule has 7 nitrogen and oxygen atoms in total. The Bertz CT molecular complexity index is 1190. The van der Waals surface area contributed by atoms with Crippen molar-refractivity contribution < 1.29 is 4.79 Å². The van der Waals surface area contributed by atoms with E-state index in [0.29, 0.717) is 24.3 Å². The molecule has 0 saturated carbocycles. The van der Waals surface area contributed by atoms with E-state index in [0.717, 1.165) is 28.3 Å². The molecule has 7 heteroatoms. The van der Waals surface area contributed by atoms with Crippen LogP contribution in [0.5, 0.6) is 0 Å². The highest BCUT2D eigenvalue weighted by atomic mass is 16.2. The van der Waals surface area contributed by atoms with Gasteiger partial charge in [-0.2, -0.15) is 10.2 Å². The van der Waals surface area contributed by atoms with E-state index in [1.54, 1.807) is 22.0 Å². The number of carbonyl (C=O) groups is 1. The smallest absolute Gasteiger partial charge is 0.257 e. The molecule has 0 radical (unpaired) electrons. The van der Waals surface area contributed by atoms with Crippen LogP contribution in [0.15, 0.2) is 60.9 Å². The molecule has 0 atom stereocenters. The fourth-order valence-electron chi connectivity index (χ4n) is 3.81. The van der Waals surface area contributed by atoms with Gasteiger partial charge in [0.25, 0.3) is 5.91 Å². The molecule has 31 heavy (non-hydrogen) atoms. The quantitative estimate of drug-likeness (QED) is 0.480. The summed E-state index contributed by atoms with van der Waals surface area (Å²) in [4.78, 5) is 19.4. The topological polar surface area (TPSA) is 68.8 Å². The maximum Gasteiger partial charge on any atom is 0.257 e. The van der Waals surface area contributed by atoms with E-state index in [-0.39, 0.29) is 5.91 Å². The van der Waals surface area contributed by atoms with E-state index in [9.17, 15) is 4.79 Å². The zero-order valence-electron chi connectivity index (χ0n) is 18.3. The van der Waals surface area contributed by atoms with Gasteiger partial charge in [-0.15, -0.1) is 0 Å². The van der Waals surface area contributed by atoms with E-state index in [4.69, 9.17) is 5.10 Å². The summed E-state index contributed by atoms with van der Waals surface area (Å²) in [6.07, 6.45) is 4.04. The Morgan fingerprint density at radius 1 is 1.03 bits per heavy atom. The van der Waals surface area contributed by atoms with Gasteiger partial charge in [-0.1, -0.05) is 31.2 Å². The molecule has 1 aromatic carbocycles. The van der Waals surface area contributed by atoms with E-state index in [1.807, 2.05) is 81.0 Å². The number of aromatic nitrogens is 5. The number of pyridine rings is 1. The van der Waals surface area contributed by atoms with Gasteiger partial charge in [0.15, 0.2) is 5.82 Å². The van der Waals surface area contributed by atoms with Crippen LogP contribution in [0.2, 0.25) is 0 Å². The molecule has 4 aromatic rings. The number of carbonyl (C=O) groups excluding carboxylic acids is 1. The van der Waals surface area contributed by atoms with E-state index < -0.39 is 0 Å². The van der Waals surface area contributed by atoms with Crippen LogP contribution in [0.4, 0.5) is 0 Å². The fraction of sp³-hybridized carbons (Fsp3) is 0.250. The number of hydrogen-bond acceptors (Lipinski definition) is 4. The van der Waals surface area contributed by atoms with Crippen LogP contribution in [-0.2, 0) is 13.0 Å². The molecule has 0 N–H and O–H groups in total. The van der Waals surface area contributed by atoms with Crippen molar-refractivity contribution in [3.8, 4) is 11.5 Å². The number of benzene rings is 1. The molecule has 4 rings (SSSR count). The Labute approximate surface area is 182 Å². The molecule has 0 aliphatic carbocycles. The van der Waals surface area contributed by atoms with E-state index >= 15 is 0 Å². The van der Waals surface area contributed by atoms with Gasteiger partial charge >= 0.3 is 0 Å². The van der Waals surface area contributed by atoms with Crippen molar-refractivity contribution in [3.05, 3.63) is 89.1 Å². The lowest BCUT2D eigenvalue weighted by molar-refractivity contribution is 0.0783. The third kappa shape index (κ3) is 3.86. The monoisotopic (exact) mass is 414 g/mol. The van der Waals surface area contributed by atoms with Gasteiger partial charge in [0.1, 0.15) is 0 Å². The molecule has 0 bridgehead atoms. The van der Waals surface area contributed by atoms with Crippen LogP contribution >= 0.6 is 0 Å². The van der Waals surface area contributed by atoms with Crippen molar-refractivity contribution in [1.29, 1.82) is 0 Å². The maximum atomic E-state index is 13.3. The highest BCUT2D eigenvalue weighted by Crippen LogP contribution is 2.21. The number of para-hydroxylation sites is 1. The first-order chi connectivity index (χ1) is 15.0. The minimum atomic E-state index is -0.0645. The lowest BCUT2D eigenvalue weighted by Gasteiger charge is -2.18. The molecule has 0 unspecified atom stereocenters. The first-order valence-corrected chi connectivity index (χ1v) is 10.4. The number of hydrogen-bond donors (Lipinski definition) is 0. The summed E-state index contributed by atoms with van der Waals surface area (Å²) in [7, 11) is 1.82. The standard InChI is InChI=1S/C24H26N6O/c1-5-22-20(15-26-30(22)23-13-9-10-14-25-23)24(31)28(4)16-21-17(2)27-29(18(21)3)19-11-7-6-8-12-19/h6-15H,5,16H2,1-4H3. The second-order valence-electron chi connectivity index (χ2n) is 7.52. The largest absolute Gasteiger partial charge is 0.337 e. The van der Waals surface area contributed by atoms with Crippen LogP contribution in [0.1, 0.15) is 39.9 Å². The highest BCUT2D eigenvalue weighted by molar-refractivity contribution is 5.95. The average molecular weight is 415 g/mol. The number of nitrogens with zero attached hydrogens (tertiary/aromatic N) is 6. The Balaban J connectivity index is 1.61. The van der Waals surface area contributed by atoms with Crippen molar-refractivity contribution in [3.63, 3.8) is 0 Å². The Hall–Kier alpha value is -3.74. The molecule has 0 spiro atoms. The second kappa shape index (κ2) is 8.55. The normalized spacial score (nSPS) is 11.0. The van der Waals surface area contributed by atoms with Crippen LogP contribution < -0.4 is 0 Å². The lowest BCUT2D eigenvalue weighted by Crippen LogP contribution is -2.27. The molecule has 0 fully saturated rings. The van der Waals surface area contributed by atoms with E-state index in [2.05, 4.69) is 10.1 Å². The molecular formula is C24H26N6O. The number of aryl methyl sites for hydroxylation is 1. The predicted molar refractivity (Wildman–Crippen MR) is 120 cm³/mol. The van der Waals surface area contributed by atoms with Gasteiger partial charge in [-0.05, 0) is 44.5 Å². The minimum absolute atomic E-state index is 0.0645. The first kappa shape index (κ1) is 20.5. The highest BCUT2D eigenvalue weighted by Gasteiger charge is 2.23. The Morgan fingerprint density at radius 3 is 2.45 bits per heavy atom. The second-order valence-corrected chi connectivity index (χ2v) is 7.52. The summed E-state index contributed by atoms with van der Waals surface area (Å²) in [5, 5.41) is 9.13. The Kier molecular flexibility index (Phi) is 5.66. The molecule has 3 aromatic heterocycles. The van der Waals surface area contributed by atoms with E-state index in [1.165, 1.54) is 0 Å². The van der Waals surface area contributed by atoms with Crippen molar-refractivity contribution in [2.75, 3.05) is 7.05 Å². The van der Waals surface area contributed by atoms with Crippen molar-refractivity contribution >= 4 is 5.91 Å². The third-order valence-electron chi connectivity index (χ3n) is 5.48. The SMILES string of the molecule is CCc1c(C(=O)N(C)Cc2c(C)nn(-c3ccccc3)c2C)cnn1-c1ccccn1. The molecular weight excluding hydrogens is 388 g/mol. The fourth-order valence-corrected chi connectivity index (χ4v) is 3.81. The summed E-state index contributed by atoms with van der Waals surface area (Å²) in [6, 6.07) is 15.7. The lowest BCUT2D eigenvalue weighted by atomic mass is 10.1. The molecule has 158 valence electrons. The van der Waals surface area contributed by atoms with Gasteiger partial charge in [0.2, 0.25) is 0 Å². The van der Waals surface area contributed by atoms with Gasteiger partial charge in [0.05, 0.1) is 28.8 Å². The van der Waals surface area contributed by atoms with Crippen LogP contribution in [0.3, 0.4) is 0 Å². The zero-order valence-corrected chi connectivity index (χ0v) is 18.3. The maximum absolute atomic E-state index is 13.3. The summed E-state index contributed by atoms with van der Waals surface area (Å²) in [5.41, 5.74) is 5.46. The van der Waals surface area contributed by atoms with Crippen LogP contribution in [0, 0.1) is 13.8 Å². The average Bonchev–Trinajstić information content (AvgIpc) is 3.36. The number of rotatable bonds is 6. The molecule has 1 amide bonds. The molecule has 0 aliphatic heterocycles. The zero-order chi connectivity index (χ0) is 22.0. The van der Waals surface area contributed by atoms with Crippen LogP contribution in [-0.4, -0.2) is 42.4 Å². The number of amides is 1. The predicted octanol–water partition coefficient (Wildman–Crippen LogP) is 3.90. The third-order valence-corrected chi connectivity index (χ3v) is 5.48. The van der Waals surface area contributed by atoms with Crippen molar-refractivity contribution in [2.45, 2.75) is 33.7 Å². The summed E-state index contributed by atoms with van der Waals surface area (Å²) < 4.78 is 3.67. The molecule has 3 heterocycles. The summed E-state index contributed by atoms with van der Waals surface area (Å²) in [5.74, 6) is 0.641. The Morgan fingerprint density at radius 2 is 1.77 bits per heavy atom. The van der Waals surface area contributed by atoms with Crippen molar-refractivity contribution in [2.24, 2.45) is 0 Å². The van der Waals surface area contributed by atoms with Crippen LogP contribution in [0.25, 0.3) is 11.5 Å². The summed E-state index contributed by atoms with van der Waals surface area (Å²) >= 11 is 0.